The molecule has 2 saturated heterocycles. The number of ether oxygens (including phenoxy) is 2. The highest BCUT2D eigenvalue weighted by molar-refractivity contribution is 5.97. The minimum atomic E-state index is -0.823. The van der Waals surface area contributed by atoms with Crippen molar-refractivity contribution in [1.82, 2.24) is 15.5 Å². The number of hydrogen-bond acceptors (Lipinski definition) is 6. The molecule has 0 unspecified atom stereocenters. The first-order valence-electron chi connectivity index (χ1n) is 8.67. The summed E-state index contributed by atoms with van der Waals surface area (Å²) < 4.78 is 10.5. The summed E-state index contributed by atoms with van der Waals surface area (Å²) in [6, 6.07) is 4.66. The molecule has 2 amide bonds. The molecule has 26 heavy (non-hydrogen) atoms. The number of hydrogen-bond donors (Lipinski definition) is 3. The Morgan fingerprint density at radius 2 is 2.15 bits per heavy atom. The lowest BCUT2D eigenvalue weighted by Crippen LogP contribution is -2.62. The van der Waals surface area contributed by atoms with E-state index >= 15 is 0 Å². The molecule has 8 heteroatoms. The van der Waals surface area contributed by atoms with Crippen molar-refractivity contribution in [2.45, 2.75) is 37.7 Å². The number of aliphatic hydroxyl groups excluding tert-OH is 1. The van der Waals surface area contributed by atoms with E-state index in [9.17, 15) is 14.7 Å². The van der Waals surface area contributed by atoms with E-state index in [-0.39, 0.29) is 24.5 Å². The molecular weight excluding hydrogens is 338 g/mol. The molecule has 8 nitrogen and oxygen atoms in total. The van der Waals surface area contributed by atoms with Gasteiger partial charge >= 0.3 is 0 Å². The fourth-order valence-electron chi connectivity index (χ4n) is 3.60. The molecule has 142 valence electrons. The van der Waals surface area contributed by atoms with Gasteiger partial charge < -0.3 is 30.1 Å². The Bertz CT molecular complexity index is 681. The van der Waals surface area contributed by atoms with Crippen LogP contribution in [0.15, 0.2) is 18.2 Å². The third-order valence-corrected chi connectivity index (χ3v) is 4.92. The van der Waals surface area contributed by atoms with Gasteiger partial charge in [-0.15, -0.1) is 0 Å². The Kier molecular flexibility index (Phi) is 5.75. The monoisotopic (exact) mass is 363 g/mol. The Hall–Kier alpha value is -2.16. The summed E-state index contributed by atoms with van der Waals surface area (Å²) in [4.78, 5) is 26.0. The van der Waals surface area contributed by atoms with E-state index in [2.05, 4.69) is 10.6 Å². The highest BCUT2D eigenvalue weighted by Gasteiger charge is 2.45. The van der Waals surface area contributed by atoms with E-state index in [1.807, 2.05) is 18.2 Å². The van der Waals surface area contributed by atoms with Gasteiger partial charge in [-0.25, -0.2) is 0 Å². The first kappa shape index (κ1) is 18.6. The Balaban J connectivity index is 1.62. The molecule has 3 atom stereocenters. The largest absolute Gasteiger partial charge is 0.496 e. The van der Waals surface area contributed by atoms with Crippen LogP contribution < -0.4 is 15.4 Å². The number of carbonyl (C=O) groups is 2. The summed E-state index contributed by atoms with van der Waals surface area (Å²) >= 11 is 0. The Morgan fingerprint density at radius 1 is 1.35 bits per heavy atom. The van der Waals surface area contributed by atoms with Crippen molar-refractivity contribution in [3.63, 3.8) is 0 Å². The normalized spacial score (nSPS) is 25.2. The molecule has 0 saturated carbocycles. The second kappa shape index (κ2) is 8.03. The molecule has 2 fully saturated rings. The maximum absolute atomic E-state index is 12.3. The van der Waals surface area contributed by atoms with Crippen LogP contribution in [-0.2, 0) is 27.5 Å². The van der Waals surface area contributed by atoms with Crippen molar-refractivity contribution in [2.24, 2.45) is 0 Å². The highest BCUT2D eigenvalue weighted by atomic mass is 16.5. The second-order valence-corrected chi connectivity index (χ2v) is 6.64. The topological polar surface area (TPSA) is 100 Å². The molecule has 1 aromatic carbocycles. The van der Waals surface area contributed by atoms with Crippen LogP contribution in [0, 0.1) is 0 Å². The number of amides is 2. The lowest BCUT2D eigenvalue weighted by Gasteiger charge is -2.33. The van der Waals surface area contributed by atoms with Gasteiger partial charge in [0.1, 0.15) is 17.8 Å². The van der Waals surface area contributed by atoms with Gasteiger partial charge in [0.25, 0.3) is 0 Å². The molecule has 3 N–H and O–H groups in total. The maximum Gasteiger partial charge on any atom is 0.248 e. The number of methoxy groups -OCH3 is 2. The van der Waals surface area contributed by atoms with Crippen LogP contribution in [0.25, 0.3) is 0 Å². The van der Waals surface area contributed by atoms with E-state index in [1.54, 1.807) is 19.1 Å². The van der Waals surface area contributed by atoms with Gasteiger partial charge in [-0.3, -0.25) is 9.59 Å². The predicted molar refractivity (Wildman–Crippen MR) is 93.5 cm³/mol. The predicted octanol–water partition coefficient (Wildman–Crippen LogP) is -0.609. The van der Waals surface area contributed by atoms with Crippen molar-refractivity contribution >= 4 is 11.8 Å². The van der Waals surface area contributed by atoms with Crippen LogP contribution in [-0.4, -0.2) is 67.3 Å². The Labute approximate surface area is 152 Å². The molecule has 2 heterocycles. The zero-order chi connectivity index (χ0) is 18.7. The lowest BCUT2D eigenvalue weighted by atomic mass is 10.1. The number of rotatable bonds is 7. The number of carbonyl (C=O) groups excluding carboxylic acids is 2. The molecule has 2 aliphatic rings. The lowest BCUT2D eigenvalue weighted by molar-refractivity contribution is -0.148. The number of aliphatic hydroxyl groups is 1. The van der Waals surface area contributed by atoms with Crippen LogP contribution in [0.2, 0.25) is 0 Å². The Morgan fingerprint density at radius 3 is 2.85 bits per heavy atom. The summed E-state index contributed by atoms with van der Waals surface area (Å²) in [6.45, 7) is 1.17. The molecular formula is C18H25N3O5. The van der Waals surface area contributed by atoms with Gasteiger partial charge in [0.2, 0.25) is 11.8 Å². The van der Waals surface area contributed by atoms with Gasteiger partial charge in [0, 0.05) is 31.8 Å². The average Bonchev–Trinajstić information content (AvgIpc) is 3.08. The minimum Gasteiger partial charge on any atom is -0.496 e. The van der Waals surface area contributed by atoms with Crippen molar-refractivity contribution in [1.29, 1.82) is 0 Å². The van der Waals surface area contributed by atoms with Gasteiger partial charge in [0.15, 0.2) is 0 Å². The third-order valence-electron chi connectivity index (χ3n) is 4.92. The standard InChI is InChI=1S/C18H25N3O5/c1-25-10-12-5-11(3-4-16(12)26-2)7-19-13-6-15-17(23)20-14(9-22)18(24)21(15)8-13/h3-5,13-15,19,22H,6-10H2,1-2H3,(H,20,23)/t13-,14-,15-/m0/s1. The zero-order valence-electron chi connectivity index (χ0n) is 15.0. The van der Waals surface area contributed by atoms with E-state index < -0.39 is 12.1 Å². The summed E-state index contributed by atoms with van der Waals surface area (Å²) in [5, 5.41) is 15.2. The van der Waals surface area contributed by atoms with Crippen molar-refractivity contribution < 1.29 is 24.2 Å². The molecule has 0 bridgehead atoms. The molecule has 1 aromatic rings. The van der Waals surface area contributed by atoms with E-state index in [4.69, 9.17) is 9.47 Å². The van der Waals surface area contributed by atoms with Gasteiger partial charge in [-0.2, -0.15) is 0 Å². The van der Waals surface area contributed by atoms with E-state index in [1.165, 1.54) is 0 Å². The number of nitrogens with zero attached hydrogens (tertiary/aromatic N) is 1. The third kappa shape index (κ3) is 3.67. The molecule has 3 rings (SSSR count). The fourth-order valence-corrected chi connectivity index (χ4v) is 3.60. The van der Waals surface area contributed by atoms with Crippen molar-refractivity contribution in [3.05, 3.63) is 29.3 Å². The summed E-state index contributed by atoms with van der Waals surface area (Å²) in [5.74, 6) is 0.374. The van der Waals surface area contributed by atoms with Crippen molar-refractivity contribution in [2.75, 3.05) is 27.4 Å². The number of fused-ring (bicyclic) bond motifs is 1. The highest BCUT2D eigenvalue weighted by Crippen LogP contribution is 2.24. The van der Waals surface area contributed by atoms with Crippen LogP contribution in [0.1, 0.15) is 17.5 Å². The molecule has 0 aliphatic carbocycles. The smallest absolute Gasteiger partial charge is 0.248 e. The molecule has 0 radical (unpaired) electrons. The van der Waals surface area contributed by atoms with Crippen LogP contribution >= 0.6 is 0 Å². The average molecular weight is 363 g/mol. The molecule has 0 aromatic heterocycles. The maximum atomic E-state index is 12.3. The van der Waals surface area contributed by atoms with Crippen LogP contribution in [0.3, 0.4) is 0 Å². The molecule has 2 aliphatic heterocycles. The fraction of sp³-hybridized carbons (Fsp3) is 0.556. The van der Waals surface area contributed by atoms with Crippen LogP contribution in [0.4, 0.5) is 0 Å². The number of piperazine rings is 1. The SMILES string of the molecule is COCc1cc(CN[C@H]2C[C@H]3C(=O)N[C@@H](CO)C(=O)N3C2)ccc1OC. The summed E-state index contributed by atoms with van der Waals surface area (Å²) in [7, 11) is 3.27. The summed E-state index contributed by atoms with van der Waals surface area (Å²) in [5.41, 5.74) is 2.05. The first-order valence-corrected chi connectivity index (χ1v) is 8.67. The quantitative estimate of drug-likeness (QED) is 0.598. The van der Waals surface area contributed by atoms with Crippen molar-refractivity contribution in [3.8, 4) is 5.75 Å². The van der Waals surface area contributed by atoms with Gasteiger partial charge in [-0.1, -0.05) is 6.07 Å². The van der Waals surface area contributed by atoms with E-state index in [0.29, 0.717) is 26.1 Å². The van der Waals surface area contributed by atoms with Gasteiger partial charge in [-0.05, 0) is 24.1 Å². The number of benzene rings is 1. The van der Waals surface area contributed by atoms with Gasteiger partial charge in [0.05, 0.1) is 20.3 Å². The van der Waals surface area contributed by atoms with E-state index in [0.717, 1.165) is 16.9 Å². The van der Waals surface area contributed by atoms with Crippen LogP contribution in [0.5, 0.6) is 5.75 Å². The second-order valence-electron chi connectivity index (χ2n) is 6.64. The molecule has 0 spiro atoms. The zero-order valence-corrected chi connectivity index (χ0v) is 15.0. The number of nitrogens with one attached hydrogen (secondary N) is 2. The summed E-state index contributed by atoms with van der Waals surface area (Å²) in [6.07, 6.45) is 0.566. The minimum absolute atomic E-state index is 0.0279. The first-order chi connectivity index (χ1) is 12.6.